The molecule has 5 nitrogen and oxygen atoms in total. The highest BCUT2D eigenvalue weighted by atomic mass is 35.5. The molecule has 2 aromatic rings. The average molecular weight is 427 g/mol. The third-order valence-electron chi connectivity index (χ3n) is 3.49. The number of hydrogen-bond acceptors (Lipinski definition) is 5. The van der Waals surface area contributed by atoms with Crippen LogP contribution in [0.2, 0.25) is 10.0 Å². The summed E-state index contributed by atoms with van der Waals surface area (Å²) in [6.07, 6.45) is 1.56. The molecule has 1 N–H and O–H groups in total. The van der Waals surface area contributed by atoms with E-state index in [2.05, 4.69) is 5.32 Å². The highest BCUT2D eigenvalue weighted by Gasteiger charge is 2.34. The second kappa shape index (κ2) is 8.26. The van der Waals surface area contributed by atoms with Crippen LogP contribution in [0.3, 0.4) is 0 Å². The van der Waals surface area contributed by atoms with Gasteiger partial charge >= 0.3 is 0 Å². The van der Waals surface area contributed by atoms with E-state index in [0.29, 0.717) is 20.5 Å². The fraction of sp³-hybridized carbons (Fsp3) is 0.118. The fourth-order valence-electron chi connectivity index (χ4n) is 2.23. The van der Waals surface area contributed by atoms with E-state index < -0.39 is 5.91 Å². The van der Waals surface area contributed by atoms with Gasteiger partial charge in [0, 0.05) is 23.1 Å². The molecule has 1 saturated heterocycles. The normalized spacial score (nSPS) is 15.8. The number of hydrogen-bond donors (Lipinski definition) is 1. The average Bonchev–Trinajstić information content (AvgIpc) is 3.21. The first kappa shape index (κ1) is 19.0. The van der Waals surface area contributed by atoms with Gasteiger partial charge in [-0.1, -0.05) is 35.3 Å². The topological polar surface area (TPSA) is 66.5 Å². The van der Waals surface area contributed by atoms with Gasteiger partial charge in [0.1, 0.15) is 0 Å². The molecule has 1 aliphatic heterocycles. The van der Waals surface area contributed by atoms with Crippen LogP contribution in [0.15, 0.2) is 40.6 Å². The van der Waals surface area contributed by atoms with Gasteiger partial charge in [-0.25, -0.2) is 0 Å². The second-order valence-electron chi connectivity index (χ2n) is 5.23. The van der Waals surface area contributed by atoms with Gasteiger partial charge < -0.3 is 5.32 Å². The van der Waals surface area contributed by atoms with Crippen molar-refractivity contribution in [3.8, 4) is 0 Å². The Bertz CT molecular complexity index is 897. The Morgan fingerprint density at radius 3 is 2.73 bits per heavy atom. The molecular weight excluding hydrogens is 415 g/mol. The van der Waals surface area contributed by atoms with Crippen LogP contribution in [0.25, 0.3) is 6.08 Å². The van der Waals surface area contributed by atoms with Crippen LogP contribution < -0.4 is 5.32 Å². The van der Waals surface area contributed by atoms with Gasteiger partial charge in [-0.2, -0.15) is 0 Å². The monoisotopic (exact) mass is 426 g/mol. The minimum absolute atomic E-state index is 0.105. The van der Waals surface area contributed by atoms with Crippen molar-refractivity contribution >= 4 is 69.4 Å². The molecular formula is C17H12Cl2N2O3S2. The van der Waals surface area contributed by atoms with E-state index in [1.54, 1.807) is 41.8 Å². The number of carbonyl (C=O) groups is 3. The highest BCUT2D eigenvalue weighted by Crippen LogP contribution is 2.33. The van der Waals surface area contributed by atoms with Crippen LogP contribution in [-0.2, 0) is 4.79 Å². The van der Waals surface area contributed by atoms with Crippen molar-refractivity contribution in [3.05, 3.63) is 61.1 Å². The maximum atomic E-state index is 12.4. The molecule has 0 atom stereocenters. The summed E-state index contributed by atoms with van der Waals surface area (Å²) in [4.78, 5) is 38.4. The molecule has 3 amide bonds. The van der Waals surface area contributed by atoms with E-state index in [4.69, 9.17) is 23.2 Å². The number of nitrogens with one attached hydrogen (secondary N) is 1. The summed E-state index contributed by atoms with van der Waals surface area (Å²) in [5.41, 5.74) is 0.604. The van der Waals surface area contributed by atoms with Gasteiger partial charge in [0.05, 0.1) is 9.78 Å². The van der Waals surface area contributed by atoms with Gasteiger partial charge in [-0.05, 0) is 47.0 Å². The molecule has 0 saturated carbocycles. The molecule has 1 aromatic carbocycles. The third-order valence-corrected chi connectivity index (χ3v) is 5.83. The van der Waals surface area contributed by atoms with E-state index in [1.807, 2.05) is 0 Å². The van der Waals surface area contributed by atoms with E-state index in [9.17, 15) is 14.4 Å². The first-order valence-corrected chi connectivity index (χ1v) is 9.93. The van der Waals surface area contributed by atoms with Crippen LogP contribution in [-0.4, -0.2) is 35.0 Å². The first-order valence-electron chi connectivity index (χ1n) is 7.48. The highest BCUT2D eigenvalue weighted by molar-refractivity contribution is 8.18. The van der Waals surface area contributed by atoms with Crippen molar-refractivity contribution in [2.75, 3.05) is 13.1 Å². The van der Waals surface area contributed by atoms with Crippen molar-refractivity contribution in [2.24, 2.45) is 0 Å². The zero-order valence-electron chi connectivity index (χ0n) is 13.2. The van der Waals surface area contributed by atoms with Crippen molar-refractivity contribution < 1.29 is 14.4 Å². The third kappa shape index (κ3) is 4.29. The van der Waals surface area contributed by atoms with Crippen molar-refractivity contribution in [1.29, 1.82) is 0 Å². The summed E-state index contributed by atoms with van der Waals surface area (Å²) in [7, 11) is 0. The number of imide groups is 1. The summed E-state index contributed by atoms with van der Waals surface area (Å²) in [6.45, 7) is 0.289. The minimum atomic E-state index is -0.406. The zero-order chi connectivity index (χ0) is 18.7. The summed E-state index contributed by atoms with van der Waals surface area (Å²) in [5.74, 6) is -0.633. The molecule has 1 fully saturated rings. The van der Waals surface area contributed by atoms with Crippen molar-refractivity contribution in [1.82, 2.24) is 10.2 Å². The zero-order valence-corrected chi connectivity index (χ0v) is 16.3. The molecule has 1 aromatic heterocycles. The number of thioether (sulfide) groups is 1. The molecule has 1 aliphatic rings. The van der Waals surface area contributed by atoms with Gasteiger partial charge in [0.15, 0.2) is 0 Å². The predicted octanol–water partition coefficient (Wildman–Crippen LogP) is 4.52. The molecule has 0 unspecified atom stereocenters. The Balaban J connectivity index is 1.63. The lowest BCUT2D eigenvalue weighted by molar-refractivity contribution is -0.122. The number of rotatable bonds is 5. The predicted molar refractivity (Wildman–Crippen MR) is 106 cm³/mol. The van der Waals surface area contributed by atoms with E-state index in [-0.39, 0.29) is 29.1 Å². The molecule has 9 heteroatoms. The summed E-state index contributed by atoms with van der Waals surface area (Å²) < 4.78 is 0. The summed E-state index contributed by atoms with van der Waals surface area (Å²) in [6, 6.07) is 8.39. The van der Waals surface area contributed by atoms with Crippen molar-refractivity contribution in [2.45, 2.75) is 0 Å². The van der Waals surface area contributed by atoms with Crippen molar-refractivity contribution in [3.63, 3.8) is 0 Å². The fourth-order valence-corrected chi connectivity index (χ4v) is 4.19. The number of nitrogens with zero attached hydrogens (tertiary/aromatic N) is 1. The van der Waals surface area contributed by atoms with E-state index in [0.717, 1.165) is 16.7 Å². The lowest BCUT2D eigenvalue weighted by Crippen LogP contribution is -2.37. The number of carbonyl (C=O) groups excluding carboxylic acids is 3. The minimum Gasteiger partial charge on any atom is -0.350 e. The molecule has 26 heavy (non-hydrogen) atoms. The number of benzene rings is 1. The number of thiophene rings is 1. The molecule has 0 aliphatic carbocycles. The Labute approximate surface area is 168 Å². The molecule has 0 radical (unpaired) electrons. The molecule has 0 bridgehead atoms. The van der Waals surface area contributed by atoms with Crippen LogP contribution >= 0.6 is 46.3 Å². The molecule has 3 rings (SSSR count). The SMILES string of the molecule is O=C(NCCN1C(=O)S/C(=C\c2ccc(Cl)cc2Cl)C1=O)c1cccs1. The summed E-state index contributed by atoms with van der Waals surface area (Å²) in [5, 5.41) is 5.00. The molecule has 134 valence electrons. The smallest absolute Gasteiger partial charge is 0.293 e. The van der Waals surface area contributed by atoms with E-state index >= 15 is 0 Å². The van der Waals surface area contributed by atoms with Gasteiger partial charge in [0.2, 0.25) is 0 Å². The quantitative estimate of drug-likeness (QED) is 0.713. The maximum Gasteiger partial charge on any atom is 0.293 e. The van der Waals surface area contributed by atoms with Crippen LogP contribution in [0.1, 0.15) is 15.2 Å². The maximum absolute atomic E-state index is 12.4. The van der Waals surface area contributed by atoms with Crippen LogP contribution in [0.5, 0.6) is 0 Å². The molecule has 0 spiro atoms. The summed E-state index contributed by atoms with van der Waals surface area (Å²) >= 11 is 14.1. The Kier molecular flexibility index (Phi) is 6.03. The van der Waals surface area contributed by atoms with Gasteiger partial charge in [-0.15, -0.1) is 11.3 Å². The van der Waals surface area contributed by atoms with E-state index in [1.165, 1.54) is 11.3 Å². The van der Waals surface area contributed by atoms with Crippen LogP contribution in [0, 0.1) is 0 Å². The van der Waals surface area contributed by atoms with Gasteiger partial charge in [0.25, 0.3) is 17.1 Å². The molecule has 2 heterocycles. The lowest BCUT2D eigenvalue weighted by Gasteiger charge is -2.12. The number of halogens is 2. The Morgan fingerprint density at radius 2 is 2.04 bits per heavy atom. The largest absolute Gasteiger partial charge is 0.350 e. The first-order chi connectivity index (χ1) is 12.5. The standard InChI is InChI=1S/C17H12Cl2N2O3S2/c18-11-4-3-10(12(19)9-11)8-14-16(23)21(17(24)26-14)6-5-20-15(22)13-2-1-7-25-13/h1-4,7-9H,5-6H2,(H,20,22)/b14-8-. The lowest BCUT2D eigenvalue weighted by atomic mass is 10.2. The Morgan fingerprint density at radius 1 is 1.23 bits per heavy atom. The second-order valence-corrected chi connectivity index (χ2v) is 8.02. The Hall–Kier alpha value is -1.80. The van der Waals surface area contributed by atoms with Crippen LogP contribution in [0.4, 0.5) is 4.79 Å². The van der Waals surface area contributed by atoms with Gasteiger partial charge in [-0.3, -0.25) is 19.3 Å². The number of amides is 3.